The lowest BCUT2D eigenvalue weighted by atomic mass is 9.99. The lowest BCUT2D eigenvalue weighted by molar-refractivity contribution is 0.572. The maximum Gasteiger partial charge on any atom is 0.133 e. The van der Waals surface area contributed by atoms with E-state index in [1.54, 1.807) is 0 Å². The molecule has 1 saturated heterocycles. The van der Waals surface area contributed by atoms with Crippen LogP contribution in [0.4, 0.5) is 11.5 Å². The highest BCUT2D eigenvalue weighted by Crippen LogP contribution is 2.29. The zero-order chi connectivity index (χ0) is 28.7. The summed E-state index contributed by atoms with van der Waals surface area (Å²) in [6.07, 6.45) is 24.1. The van der Waals surface area contributed by atoms with Crippen LogP contribution in [-0.4, -0.2) is 24.1 Å². The lowest BCUT2D eigenvalue weighted by Gasteiger charge is -2.29. The molecule has 0 saturated carbocycles. The molecule has 1 aromatic heterocycles. The van der Waals surface area contributed by atoms with Crippen molar-refractivity contribution in [2.24, 2.45) is 5.73 Å². The van der Waals surface area contributed by atoms with Gasteiger partial charge in [-0.25, -0.2) is 4.98 Å². The molecule has 1 aliphatic heterocycles. The number of hydrogen-bond acceptors (Lipinski definition) is 5. The smallest absolute Gasteiger partial charge is 0.133 e. The van der Waals surface area contributed by atoms with Gasteiger partial charge >= 0.3 is 0 Å². The van der Waals surface area contributed by atoms with Gasteiger partial charge in [-0.1, -0.05) is 31.9 Å². The number of nitrogens with zero attached hydrogens (tertiary/aromatic N) is 2. The lowest BCUT2D eigenvalue weighted by Crippen LogP contribution is -2.30. The van der Waals surface area contributed by atoms with Crippen LogP contribution in [0.15, 0.2) is 96.2 Å². The van der Waals surface area contributed by atoms with Gasteiger partial charge in [-0.3, -0.25) is 0 Å². The van der Waals surface area contributed by atoms with Crippen LogP contribution in [-0.2, 0) is 0 Å². The number of nitrogens with one attached hydrogen (secondary N) is 2. The van der Waals surface area contributed by atoms with E-state index in [0.717, 1.165) is 58.3 Å². The molecular formula is C33H47N5. The summed E-state index contributed by atoms with van der Waals surface area (Å²) in [7, 11) is 0. The predicted octanol–water partition coefficient (Wildman–Crippen LogP) is 7.30. The average molecular weight is 514 g/mol. The first-order valence-corrected chi connectivity index (χ1v) is 13.3. The van der Waals surface area contributed by atoms with Crippen LogP contribution in [0.25, 0.3) is 0 Å². The number of terminal acetylenes is 1. The average Bonchev–Trinajstić information content (AvgIpc) is 2.92. The number of rotatable bonds is 12. The maximum atomic E-state index is 6.40. The number of piperidine rings is 1. The van der Waals surface area contributed by atoms with Crippen molar-refractivity contribution in [2.75, 3.05) is 23.3 Å². The van der Waals surface area contributed by atoms with Crippen molar-refractivity contribution in [3.8, 4) is 12.8 Å². The first kappa shape index (κ1) is 32.1. The molecule has 0 amide bonds. The van der Waals surface area contributed by atoms with Crippen molar-refractivity contribution >= 4 is 11.5 Å². The van der Waals surface area contributed by atoms with Gasteiger partial charge in [0.2, 0.25) is 0 Å². The molecule has 0 aliphatic carbocycles. The Morgan fingerprint density at radius 2 is 1.79 bits per heavy atom. The van der Waals surface area contributed by atoms with Crippen molar-refractivity contribution in [1.82, 2.24) is 10.3 Å². The molecule has 204 valence electrons. The van der Waals surface area contributed by atoms with E-state index < -0.39 is 0 Å². The van der Waals surface area contributed by atoms with Gasteiger partial charge in [-0.15, -0.1) is 12.8 Å². The SMILES string of the molecule is C#C.C=C/C(=C\C(=C/C)C(=C)/C=C(CC(=C)Nc1ccnc(N2CCCCC2)c1C)\C(N)=C/C)NC(C)C. The number of anilines is 2. The summed E-state index contributed by atoms with van der Waals surface area (Å²) in [5.41, 5.74) is 14.0. The Balaban J connectivity index is 0.00000352. The van der Waals surface area contributed by atoms with Crippen LogP contribution in [0.1, 0.15) is 58.9 Å². The highest BCUT2D eigenvalue weighted by atomic mass is 15.2. The first-order chi connectivity index (χ1) is 18.2. The zero-order valence-electron chi connectivity index (χ0n) is 24.1. The summed E-state index contributed by atoms with van der Waals surface area (Å²) in [6, 6.07) is 2.32. The number of allylic oxidation sites excluding steroid dienone is 9. The molecule has 2 rings (SSSR count). The van der Waals surface area contributed by atoms with Crippen LogP contribution >= 0.6 is 0 Å². The molecule has 4 N–H and O–H groups in total. The van der Waals surface area contributed by atoms with E-state index in [0.29, 0.717) is 18.2 Å². The fourth-order valence-corrected chi connectivity index (χ4v) is 4.29. The van der Waals surface area contributed by atoms with Crippen LogP contribution in [0.3, 0.4) is 0 Å². The molecule has 0 spiro atoms. The van der Waals surface area contributed by atoms with Crippen LogP contribution < -0.4 is 21.3 Å². The van der Waals surface area contributed by atoms with E-state index in [4.69, 9.17) is 5.73 Å². The maximum absolute atomic E-state index is 6.40. The molecule has 1 aliphatic rings. The summed E-state index contributed by atoms with van der Waals surface area (Å²) in [4.78, 5) is 7.06. The summed E-state index contributed by atoms with van der Waals surface area (Å²) in [5.74, 6) is 1.06. The Kier molecular flexibility index (Phi) is 14.2. The molecular weight excluding hydrogens is 466 g/mol. The van der Waals surface area contributed by atoms with E-state index in [-0.39, 0.29) is 0 Å². The first-order valence-electron chi connectivity index (χ1n) is 13.3. The van der Waals surface area contributed by atoms with Gasteiger partial charge in [-0.05, 0) is 94.9 Å². The fourth-order valence-electron chi connectivity index (χ4n) is 4.29. The summed E-state index contributed by atoms with van der Waals surface area (Å²) in [5, 5.41) is 6.92. The number of pyridine rings is 1. The molecule has 0 radical (unpaired) electrons. The van der Waals surface area contributed by atoms with Gasteiger partial charge in [0, 0.05) is 60.1 Å². The summed E-state index contributed by atoms with van der Waals surface area (Å²) in [6.45, 7) is 25.0. The van der Waals surface area contributed by atoms with Gasteiger partial charge < -0.3 is 21.3 Å². The van der Waals surface area contributed by atoms with Crippen molar-refractivity contribution < 1.29 is 0 Å². The molecule has 1 fully saturated rings. The third-order valence-corrected chi connectivity index (χ3v) is 6.25. The van der Waals surface area contributed by atoms with Gasteiger partial charge in [-0.2, -0.15) is 0 Å². The summed E-state index contributed by atoms with van der Waals surface area (Å²) >= 11 is 0. The van der Waals surface area contributed by atoms with Crippen molar-refractivity contribution in [1.29, 1.82) is 0 Å². The van der Waals surface area contributed by atoms with Crippen molar-refractivity contribution in [2.45, 2.75) is 66.3 Å². The normalized spacial score (nSPS) is 14.9. The second-order valence-electron chi connectivity index (χ2n) is 9.55. The van der Waals surface area contributed by atoms with E-state index >= 15 is 0 Å². The topological polar surface area (TPSA) is 66.2 Å². The number of aromatic nitrogens is 1. The molecule has 0 aromatic carbocycles. The fraction of sp³-hybridized carbons (Fsp3) is 0.364. The Morgan fingerprint density at radius 1 is 1.13 bits per heavy atom. The van der Waals surface area contributed by atoms with Gasteiger partial charge in [0.1, 0.15) is 5.82 Å². The minimum atomic E-state index is 0.312. The molecule has 5 heteroatoms. The van der Waals surface area contributed by atoms with Gasteiger partial charge in [0.05, 0.1) is 0 Å². The van der Waals surface area contributed by atoms with E-state index in [1.165, 1.54) is 19.3 Å². The Hall–Kier alpha value is -3.91. The van der Waals surface area contributed by atoms with E-state index in [2.05, 4.69) is 79.9 Å². The molecule has 0 bridgehead atoms. The van der Waals surface area contributed by atoms with Crippen LogP contribution in [0.2, 0.25) is 0 Å². The monoisotopic (exact) mass is 513 g/mol. The highest BCUT2D eigenvalue weighted by Gasteiger charge is 2.16. The third kappa shape index (κ3) is 9.86. The largest absolute Gasteiger partial charge is 0.399 e. The standard InChI is InChI=1S/C31H45N5.C2H2/c1-9-26(21-28(10-2)34-22(4)5)23(6)19-27(29(32)11-3)20-24(7)35-30-15-16-33-31(25(30)8)36-17-13-12-14-18-36;1-2/h9-11,15-16,19,21-22,34H,2,6-7,12-14,17-18,20,32H2,1,3-5,8H3,(H,33,35);1-2H/b26-9+,27-19-,28-21+,29-11+;. The van der Waals surface area contributed by atoms with E-state index in [1.807, 2.05) is 50.4 Å². The highest BCUT2D eigenvalue weighted by molar-refractivity contribution is 5.64. The Morgan fingerprint density at radius 3 is 2.34 bits per heavy atom. The van der Waals surface area contributed by atoms with Gasteiger partial charge in [0.15, 0.2) is 0 Å². The number of hydrogen-bond donors (Lipinski definition) is 3. The van der Waals surface area contributed by atoms with E-state index in [9.17, 15) is 0 Å². The minimum absolute atomic E-state index is 0.312. The molecule has 38 heavy (non-hydrogen) atoms. The third-order valence-electron chi connectivity index (χ3n) is 6.25. The second kappa shape index (κ2) is 16.8. The van der Waals surface area contributed by atoms with Crippen molar-refractivity contribution in [3.05, 3.63) is 102 Å². The molecule has 0 atom stereocenters. The Labute approximate surface area is 231 Å². The van der Waals surface area contributed by atoms with Crippen molar-refractivity contribution in [3.63, 3.8) is 0 Å². The molecule has 5 nitrogen and oxygen atoms in total. The summed E-state index contributed by atoms with van der Waals surface area (Å²) < 4.78 is 0. The molecule has 0 unspecified atom stereocenters. The molecule has 2 heterocycles. The quantitative estimate of drug-likeness (QED) is 0.202. The predicted molar refractivity (Wildman–Crippen MR) is 168 cm³/mol. The van der Waals surface area contributed by atoms with Crippen LogP contribution in [0, 0.1) is 19.8 Å². The number of nitrogens with two attached hydrogens (primary N) is 1. The molecule has 1 aromatic rings. The Bertz CT molecular complexity index is 1110. The second-order valence-corrected chi connectivity index (χ2v) is 9.55. The van der Waals surface area contributed by atoms with Crippen LogP contribution in [0.5, 0.6) is 0 Å². The minimum Gasteiger partial charge on any atom is -0.399 e. The zero-order valence-corrected chi connectivity index (χ0v) is 24.1. The van der Waals surface area contributed by atoms with Gasteiger partial charge in [0.25, 0.3) is 0 Å².